The molecule has 186 valence electrons. The zero-order valence-corrected chi connectivity index (χ0v) is 20.6. The number of carbonyl (C=O) groups is 1. The van der Waals surface area contributed by atoms with E-state index in [4.69, 9.17) is 9.72 Å². The minimum atomic E-state index is -0.744. The first-order valence-corrected chi connectivity index (χ1v) is 12.3. The minimum absolute atomic E-state index is 0.110. The van der Waals surface area contributed by atoms with E-state index in [1.165, 1.54) is 0 Å². The van der Waals surface area contributed by atoms with Crippen LogP contribution in [0.25, 0.3) is 11.4 Å². The van der Waals surface area contributed by atoms with E-state index in [2.05, 4.69) is 32.7 Å². The van der Waals surface area contributed by atoms with Crippen LogP contribution in [-0.4, -0.2) is 47.4 Å². The molecule has 0 bridgehead atoms. The Morgan fingerprint density at radius 2 is 2.14 bits per heavy atom. The molecule has 0 aliphatic heterocycles. The van der Waals surface area contributed by atoms with Crippen molar-refractivity contribution in [2.45, 2.75) is 71.4 Å². The number of unbranched alkanes of at least 4 members (excludes halogenated alkanes) is 1. The number of carboxylic acid groups (broad SMARTS) is 1. The van der Waals surface area contributed by atoms with Gasteiger partial charge in [-0.2, -0.15) is 5.10 Å². The largest absolute Gasteiger partial charge is 0.489 e. The van der Waals surface area contributed by atoms with Crippen LogP contribution >= 0.6 is 0 Å². The smallest absolute Gasteiger partial charge is 0.306 e. The Kier molecular flexibility index (Phi) is 7.89. The highest BCUT2D eigenvalue weighted by Crippen LogP contribution is 2.30. The van der Waals surface area contributed by atoms with Crippen molar-refractivity contribution in [2.75, 3.05) is 5.32 Å². The van der Waals surface area contributed by atoms with E-state index in [9.17, 15) is 9.90 Å². The Labute approximate surface area is 205 Å². The molecule has 3 aromatic heterocycles. The molecule has 1 aliphatic rings. The molecule has 0 amide bonds. The molecular formula is C25H33N7O3. The second-order valence-corrected chi connectivity index (χ2v) is 9.14. The van der Waals surface area contributed by atoms with Crippen LogP contribution in [0.5, 0.6) is 5.75 Å². The minimum Gasteiger partial charge on any atom is -0.489 e. The molecule has 2 N–H and O–H groups in total. The normalized spacial score (nSPS) is 17.8. The van der Waals surface area contributed by atoms with Crippen molar-refractivity contribution in [2.24, 2.45) is 13.0 Å². The standard InChI is InChI=1S/C25H33N7O3/c1-4-5-7-17-12-23(29-27-14-17)26-15-21-24(30-31-32(21)3)20-10-11-22(16(2)28-20)35-19-9-6-8-18(13-19)25(33)34/h10-12,14,18-19H,4-9,13,15H2,1-3H3,(H,26,29)(H,33,34)/t18-,19-/m0/s1. The summed E-state index contributed by atoms with van der Waals surface area (Å²) in [6.07, 6.45) is 7.88. The predicted molar refractivity (Wildman–Crippen MR) is 131 cm³/mol. The van der Waals surface area contributed by atoms with Gasteiger partial charge in [-0.1, -0.05) is 18.6 Å². The van der Waals surface area contributed by atoms with Crippen LogP contribution in [0.3, 0.4) is 0 Å². The average molecular weight is 480 g/mol. The third kappa shape index (κ3) is 6.12. The number of aryl methyl sites for hydroxylation is 3. The number of aromatic nitrogens is 6. The van der Waals surface area contributed by atoms with Crippen molar-refractivity contribution in [3.8, 4) is 17.1 Å². The summed E-state index contributed by atoms with van der Waals surface area (Å²) in [6.45, 7) is 4.54. The lowest BCUT2D eigenvalue weighted by Crippen LogP contribution is -2.29. The van der Waals surface area contributed by atoms with Crippen molar-refractivity contribution >= 4 is 11.8 Å². The fourth-order valence-electron chi connectivity index (χ4n) is 4.42. The number of aliphatic carboxylic acids is 1. The average Bonchev–Trinajstić information content (AvgIpc) is 3.23. The number of hydrogen-bond donors (Lipinski definition) is 2. The van der Waals surface area contributed by atoms with Gasteiger partial charge in [-0.15, -0.1) is 10.2 Å². The molecule has 3 aromatic rings. The Bertz CT molecular complexity index is 1160. The lowest BCUT2D eigenvalue weighted by Gasteiger charge is -2.27. The van der Waals surface area contributed by atoms with E-state index >= 15 is 0 Å². The van der Waals surface area contributed by atoms with Gasteiger partial charge in [0.2, 0.25) is 0 Å². The SMILES string of the molecule is CCCCc1cnnc(NCc2c(-c3ccc(O[C@H]4CCC[C@H](C(=O)O)C4)c(C)n3)nnn2C)c1. The van der Waals surface area contributed by atoms with Gasteiger partial charge in [0.1, 0.15) is 17.3 Å². The lowest BCUT2D eigenvalue weighted by molar-refractivity contribution is -0.143. The summed E-state index contributed by atoms with van der Waals surface area (Å²) in [5.41, 5.74) is 4.16. The van der Waals surface area contributed by atoms with Gasteiger partial charge >= 0.3 is 5.97 Å². The second kappa shape index (κ2) is 11.2. The molecule has 0 unspecified atom stereocenters. The molecule has 35 heavy (non-hydrogen) atoms. The molecule has 0 saturated heterocycles. The van der Waals surface area contributed by atoms with Crippen molar-refractivity contribution in [3.05, 3.63) is 41.3 Å². The number of hydrogen-bond acceptors (Lipinski definition) is 8. The van der Waals surface area contributed by atoms with Gasteiger partial charge in [0.25, 0.3) is 0 Å². The molecule has 2 atom stereocenters. The highest BCUT2D eigenvalue weighted by molar-refractivity contribution is 5.70. The molecule has 0 aromatic carbocycles. The van der Waals surface area contributed by atoms with E-state index in [1.807, 2.05) is 38.4 Å². The predicted octanol–water partition coefficient (Wildman–Crippen LogP) is 3.95. The van der Waals surface area contributed by atoms with E-state index in [0.717, 1.165) is 49.1 Å². The Morgan fingerprint density at radius 1 is 1.29 bits per heavy atom. The van der Waals surface area contributed by atoms with Gasteiger partial charge in [0, 0.05) is 7.05 Å². The molecular weight excluding hydrogens is 446 g/mol. The van der Waals surface area contributed by atoms with Gasteiger partial charge < -0.3 is 15.2 Å². The lowest BCUT2D eigenvalue weighted by atomic mass is 9.87. The van der Waals surface area contributed by atoms with Crippen molar-refractivity contribution < 1.29 is 14.6 Å². The second-order valence-electron chi connectivity index (χ2n) is 9.14. The first-order valence-electron chi connectivity index (χ1n) is 12.3. The zero-order chi connectivity index (χ0) is 24.8. The van der Waals surface area contributed by atoms with Crippen LogP contribution < -0.4 is 10.1 Å². The molecule has 10 heteroatoms. The van der Waals surface area contributed by atoms with Crippen LogP contribution in [0.1, 0.15) is 62.4 Å². The van der Waals surface area contributed by atoms with Crippen molar-refractivity contribution in [1.82, 2.24) is 30.2 Å². The maximum atomic E-state index is 11.4. The summed E-state index contributed by atoms with van der Waals surface area (Å²) < 4.78 is 7.87. The van der Waals surface area contributed by atoms with Crippen molar-refractivity contribution in [3.63, 3.8) is 0 Å². The molecule has 4 rings (SSSR count). The number of rotatable bonds is 10. The van der Waals surface area contributed by atoms with E-state index in [0.29, 0.717) is 42.3 Å². The number of nitrogens with zero attached hydrogens (tertiary/aromatic N) is 6. The summed E-state index contributed by atoms with van der Waals surface area (Å²) >= 11 is 0. The van der Waals surface area contributed by atoms with Gasteiger partial charge in [-0.05, 0) is 69.2 Å². The molecule has 0 radical (unpaired) electrons. The highest BCUT2D eigenvalue weighted by Gasteiger charge is 2.28. The Balaban J connectivity index is 1.45. The van der Waals surface area contributed by atoms with Gasteiger partial charge in [0.15, 0.2) is 0 Å². The fraction of sp³-hybridized carbons (Fsp3) is 0.520. The molecule has 1 saturated carbocycles. The quantitative estimate of drug-likeness (QED) is 0.444. The first kappa shape index (κ1) is 24.6. The van der Waals surface area contributed by atoms with Crippen LogP contribution in [0.2, 0.25) is 0 Å². The zero-order valence-electron chi connectivity index (χ0n) is 20.6. The molecule has 10 nitrogen and oxygen atoms in total. The Morgan fingerprint density at radius 3 is 2.91 bits per heavy atom. The summed E-state index contributed by atoms with van der Waals surface area (Å²) in [7, 11) is 1.85. The van der Waals surface area contributed by atoms with Crippen molar-refractivity contribution in [1.29, 1.82) is 0 Å². The topological polar surface area (TPSA) is 128 Å². The summed E-state index contributed by atoms with van der Waals surface area (Å²) in [5.74, 6) is 0.303. The fourth-order valence-corrected chi connectivity index (χ4v) is 4.42. The molecule has 1 fully saturated rings. The van der Waals surface area contributed by atoms with E-state index in [1.54, 1.807) is 4.68 Å². The first-order chi connectivity index (χ1) is 16.9. The van der Waals surface area contributed by atoms with Gasteiger partial charge in [-0.25, -0.2) is 9.67 Å². The van der Waals surface area contributed by atoms with Crippen LogP contribution in [-0.2, 0) is 24.8 Å². The van der Waals surface area contributed by atoms with Crippen LogP contribution in [0, 0.1) is 12.8 Å². The Hall–Kier alpha value is -3.56. The van der Waals surface area contributed by atoms with E-state index in [-0.39, 0.29) is 12.0 Å². The summed E-state index contributed by atoms with van der Waals surface area (Å²) in [5, 5.41) is 29.5. The molecule has 1 aliphatic carbocycles. The third-order valence-electron chi connectivity index (χ3n) is 6.46. The summed E-state index contributed by atoms with van der Waals surface area (Å²) in [6, 6.07) is 5.79. The maximum absolute atomic E-state index is 11.4. The van der Waals surface area contributed by atoms with Gasteiger partial charge in [0.05, 0.1) is 41.8 Å². The van der Waals surface area contributed by atoms with Crippen LogP contribution in [0.4, 0.5) is 5.82 Å². The molecule has 3 heterocycles. The number of nitrogens with one attached hydrogen (secondary N) is 1. The third-order valence-corrected chi connectivity index (χ3v) is 6.46. The number of anilines is 1. The number of carboxylic acids is 1. The monoisotopic (exact) mass is 479 g/mol. The number of ether oxygens (including phenoxy) is 1. The van der Waals surface area contributed by atoms with E-state index < -0.39 is 5.97 Å². The maximum Gasteiger partial charge on any atom is 0.306 e. The van der Waals surface area contributed by atoms with Crippen LogP contribution in [0.15, 0.2) is 24.4 Å². The molecule has 0 spiro atoms. The van der Waals surface area contributed by atoms with Gasteiger partial charge in [-0.3, -0.25) is 4.79 Å². The summed E-state index contributed by atoms with van der Waals surface area (Å²) in [4.78, 5) is 16.1. The number of pyridine rings is 1. The highest BCUT2D eigenvalue weighted by atomic mass is 16.5.